The van der Waals surface area contributed by atoms with E-state index in [0.717, 1.165) is 0 Å². The second kappa shape index (κ2) is 22.4. The zero-order chi connectivity index (χ0) is 18.4. The summed E-state index contributed by atoms with van der Waals surface area (Å²) in [7, 11) is 2.77. The first-order chi connectivity index (χ1) is 12.3. The molecule has 0 atom stereocenters. The molecule has 0 rings (SSSR count). The van der Waals surface area contributed by atoms with Crippen molar-refractivity contribution < 1.29 is 4.12 Å². The van der Waals surface area contributed by atoms with Crippen LogP contribution in [-0.2, 0) is 4.12 Å². The van der Waals surface area contributed by atoms with Crippen LogP contribution in [0.15, 0.2) is 0 Å². The molecule has 3 heteroatoms. The lowest BCUT2D eigenvalue weighted by Crippen LogP contribution is -2.15. The normalized spacial score (nSPS) is 11.5. The monoisotopic (exact) mass is 382 g/mol. The molecule has 1 nitrogen and oxygen atoms in total. The Balaban J connectivity index is 3.28. The third-order valence-corrected chi connectivity index (χ3v) is 8.24. The Hall–Kier alpha value is 0.394. The largest absolute Gasteiger partial charge is 0.457 e. The maximum absolute atomic E-state index is 5.60. The molecule has 0 N–H and O–H groups in total. The molecule has 4 radical (unpaired) electrons. The SMILES string of the molecule is CCCCCCCCCCC[Si](CCCCCCCCCCC)O[Si]. The van der Waals surface area contributed by atoms with E-state index in [1.54, 1.807) is 0 Å². The van der Waals surface area contributed by atoms with Gasteiger partial charge in [-0.3, -0.25) is 0 Å². The first-order valence-corrected chi connectivity index (χ1v) is 13.8. The van der Waals surface area contributed by atoms with Crippen molar-refractivity contribution in [3.8, 4) is 0 Å². The minimum absolute atomic E-state index is 0.579. The Morgan fingerprint density at radius 2 is 0.760 bits per heavy atom. The van der Waals surface area contributed by atoms with Gasteiger partial charge in [0.1, 0.15) is 0 Å². The Morgan fingerprint density at radius 3 is 1.04 bits per heavy atom. The number of rotatable bonds is 21. The highest BCUT2D eigenvalue weighted by Gasteiger charge is 2.10. The third kappa shape index (κ3) is 20.6. The van der Waals surface area contributed by atoms with Crippen LogP contribution in [0.3, 0.4) is 0 Å². The molecule has 25 heavy (non-hydrogen) atoms. The molecule has 148 valence electrons. The van der Waals surface area contributed by atoms with Crippen molar-refractivity contribution in [3.05, 3.63) is 0 Å². The van der Waals surface area contributed by atoms with Crippen LogP contribution in [0.4, 0.5) is 0 Å². The van der Waals surface area contributed by atoms with Crippen molar-refractivity contribution in [3.63, 3.8) is 0 Å². The summed E-state index contributed by atoms with van der Waals surface area (Å²) in [5, 5.41) is 0. The van der Waals surface area contributed by atoms with Gasteiger partial charge in [-0.1, -0.05) is 129 Å². The fraction of sp³-hybridized carbons (Fsp3) is 1.00. The molecule has 0 unspecified atom stereocenters. The quantitative estimate of drug-likeness (QED) is 0.144. The third-order valence-electron chi connectivity index (χ3n) is 5.26. The maximum atomic E-state index is 5.60. The average Bonchev–Trinajstić information content (AvgIpc) is 2.63. The summed E-state index contributed by atoms with van der Waals surface area (Å²) >= 11 is 0. The molecule has 0 aromatic rings. The first kappa shape index (κ1) is 25.4. The van der Waals surface area contributed by atoms with Crippen LogP contribution >= 0.6 is 0 Å². The topological polar surface area (TPSA) is 9.23 Å². The van der Waals surface area contributed by atoms with Gasteiger partial charge in [-0.05, 0) is 12.1 Å². The second-order valence-electron chi connectivity index (χ2n) is 7.80. The fourth-order valence-electron chi connectivity index (χ4n) is 3.49. The van der Waals surface area contributed by atoms with Crippen LogP contribution < -0.4 is 0 Å². The minimum atomic E-state index is -0.579. The zero-order valence-electron chi connectivity index (χ0n) is 17.6. The van der Waals surface area contributed by atoms with Gasteiger partial charge < -0.3 is 4.12 Å². The second-order valence-corrected chi connectivity index (χ2v) is 10.7. The molecular formula is C22H46OSi2. The van der Waals surface area contributed by atoms with Crippen LogP contribution in [-0.4, -0.2) is 19.5 Å². The Morgan fingerprint density at radius 1 is 0.480 bits per heavy atom. The van der Waals surface area contributed by atoms with Gasteiger partial charge >= 0.3 is 0 Å². The molecule has 0 aliphatic rings. The predicted molar refractivity (Wildman–Crippen MR) is 117 cm³/mol. The highest BCUT2D eigenvalue weighted by atomic mass is 28.3. The van der Waals surface area contributed by atoms with E-state index in [9.17, 15) is 0 Å². The Bertz CT molecular complexity index is 214. The summed E-state index contributed by atoms with van der Waals surface area (Å²) < 4.78 is 5.60. The van der Waals surface area contributed by atoms with Crippen LogP contribution in [0, 0.1) is 0 Å². The lowest BCUT2D eigenvalue weighted by Gasteiger charge is -2.12. The standard InChI is InChI=1S/C22H46OSi2/c1-3-5-7-9-11-13-15-17-19-21-25(23-24)22-20-18-16-14-12-10-8-6-4-2/h3-22H2,1-2H3. The van der Waals surface area contributed by atoms with Crippen LogP contribution in [0.2, 0.25) is 12.1 Å². The lowest BCUT2D eigenvalue weighted by atomic mass is 10.1. The maximum Gasteiger partial charge on any atom is 0.229 e. The van der Waals surface area contributed by atoms with Gasteiger partial charge in [-0.15, -0.1) is 0 Å². The molecule has 0 saturated carbocycles. The minimum Gasteiger partial charge on any atom is -0.457 e. The van der Waals surface area contributed by atoms with Crippen molar-refractivity contribution in [2.45, 2.75) is 142 Å². The van der Waals surface area contributed by atoms with Gasteiger partial charge in [-0.2, -0.15) is 0 Å². The number of hydrogen-bond acceptors (Lipinski definition) is 1. The van der Waals surface area contributed by atoms with E-state index in [1.807, 2.05) is 0 Å². The first-order valence-electron chi connectivity index (χ1n) is 11.5. The van der Waals surface area contributed by atoms with E-state index in [4.69, 9.17) is 4.12 Å². The van der Waals surface area contributed by atoms with Crippen molar-refractivity contribution in [2.75, 3.05) is 0 Å². The highest BCUT2D eigenvalue weighted by Crippen LogP contribution is 2.16. The molecule has 0 aliphatic heterocycles. The molecule has 0 amide bonds. The molecule has 0 saturated heterocycles. The van der Waals surface area contributed by atoms with E-state index >= 15 is 0 Å². The molecule has 0 bridgehead atoms. The number of hydrogen-bond donors (Lipinski definition) is 0. The molecule has 0 heterocycles. The van der Waals surface area contributed by atoms with Crippen LogP contribution in [0.25, 0.3) is 0 Å². The summed E-state index contributed by atoms with van der Waals surface area (Å²) in [6.07, 6.45) is 25.6. The highest BCUT2D eigenvalue weighted by molar-refractivity contribution is 6.55. The molecule has 0 fully saturated rings. The van der Waals surface area contributed by atoms with Crippen LogP contribution in [0.1, 0.15) is 129 Å². The zero-order valence-corrected chi connectivity index (χ0v) is 19.6. The molecule has 0 spiro atoms. The average molecular weight is 383 g/mol. The van der Waals surface area contributed by atoms with E-state index in [-0.39, 0.29) is 0 Å². The fourth-order valence-corrected chi connectivity index (χ4v) is 5.85. The van der Waals surface area contributed by atoms with E-state index in [1.165, 1.54) is 128 Å². The van der Waals surface area contributed by atoms with E-state index in [0.29, 0.717) is 0 Å². The molecular weight excluding hydrogens is 336 g/mol. The smallest absolute Gasteiger partial charge is 0.229 e. The van der Waals surface area contributed by atoms with Crippen LogP contribution in [0.5, 0.6) is 0 Å². The van der Waals surface area contributed by atoms with E-state index in [2.05, 4.69) is 24.3 Å². The predicted octanol–water partition coefficient (Wildman–Crippen LogP) is 8.14. The Labute approximate surface area is 165 Å². The van der Waals surface area contributed by atoms with E-state index < -0.39 is 9.04 Å². The molecule has 0 aromatic carbocycles. The van der Waals surface area contributed by atoms with Crippen molar-refractivity contribution in [1.82, 2.24) is 0 Å². The summed E-state index contributed by atoms with van der Waals surface area (Å²) in [6, 6.07) is 2.67. The summed E-state index contributed by atoms with van der Waals surface area (Å²) in [6.45, 7) is 4.58. The van der Waals surface area contributed by atoms with Gasteiger partial charge in [0, 0.05) is 0 Å². The summed E-state index contributed by atoms with van der Waals surface area (Å²) in [5.74, 6) is 0. The Kier molecular flexibility index (Phi) is 22.8. The molecule has 0 aromatic heterocycles. The van der Waals surface area contributed by atoms with Crippen molar-refractivity contribution >= 4 is 19.5 Å². The van der Waals surface area contributed by atoms with Gasteiger partial charge in [0.05, 0.1) is 0 Å². The van der Waals surface area contributed by atoms with Crippen molar-refractivity contribution in [1.29, 1.82) is 0 Å². The lowest BCUT2D eigenvalue weighted by molar-refractivity contribution is 0.554. The molecule has 0 aliphatic carbocycles. The van der Waals surface area contributed by atoms with Gasteiger partial charge in [0.2, 0.25) is 10.5 Å². The van der Waals surface area contributed by atoms with Crippen molar-refractivity contribution in [2.24, 2.45) is 0 Å². The van der Waals surface area contributed by atoms with Gasteiger partial charge in [0.15, 0.2) is 9.04 Å². The van der Waals surface area contributed by atoms with Gasteiger partial charge in [-0.25, -0.2) is 0 Å². The van der Waals surface area contributed by atoms with Gasteiger partial charge in [0.25, 0.3) is 0 Å². The summed E-state index contributed by atoms with van der Waals surface area (Å²) in [4.78, 5) is 0. The summed E-state index contributed by atoms with van der Waals surface area (Å²) in [5.41, 5.74) is 0. The number of unbranched alkanes of at least 4 members (excludes halogenated alkanes) is 16.